The molecule has 0 fully saturated rings. The highest BCUT2D eigenvalue weighted by atomic mass is 19.1. The van der Waals surface area contributed by atoms with Gasteiger partial charge in [0.05, 0.1) is 12.8 Å². The van der Waals surface area contributed by atoms with E-state index in [2.05, 4.69) is 4.98 Å². The van der Waals surface area contributed by atoms with Crippen molar-refractivity contribution in [1.82, 2.24) is 9.55 Å². The summed E-state index contributed by atoms with van der Waals surface area (Å²) in [4.78, 5) is 14.4. The number of methoxy groups -OCH3 is 1. The third-order valence-electron chi connectivity index (χ3n) is 2.23. The Hall–Kier alpha value is -2.37. The van der Waals surface area contributed by atoms with Crippen LogP contribution in [0.1, 0.15) is 10.5 Å². The van der Waals surface area contributed by atoms with Crippen LogP contribution in [-0.4, -0.2) is 27.7 Å². The minimum absolute atomic E-state index is 0.0757. The van der Waals surface area contributed by atoms with Crippen LogP contribution >= 0.6 is 0 Å². The standard InChI is InChI=1S/C11H9FN2O3/c1-17-10-4-7(2-3-8(10)12)14-5-9(11(15)16)13-6-14/h2-6H,1H3,(H,15,16). The highest BCUT2D eigenvalue weighted by Gasteiger charge is 2.09. The Labute approximate surface area is 96.1 Å². The normalized spacial score (nSPS) is 10.2. The molecule has 1 aromatic carbocycles. The fourth-order valence-electron chi connectivity index (χ4n) is 1.38. The summed E-state index contributed by atoms with van der Waals surface area (Å²) in [6.45, 7) is 0. The van der Waals surface area contributed by atoms with E-state index < -0.39 is 11.8 Å². The fourth-order valence-corrected chi connectivity index (χ4v) is 1.38. The number of carboxylic acid groups (broad SMARTS) is 1. The third kappa shape index (κ3) is 2.10. The van der Waals surface area contributed by atoms with Crippen molar-refractivity contribution in [3.05, 3.63) is 42.2 Å². The van der Waals surface area contributed by atoms with E-state index >= 15 is 0 Å². The van der Waals surface area contributed by atoms with Gasteiger partial charge in [-0.15, -0.1) is 0 Å². The molecule has 2 aromatic rings. The Morgan fingerprint density at radius 1 is 1.53 bits per heavy atom. The Kier molecular flexibility index (Phi) is 2.78. The maximum absolute atomic E-state index is 13.2. The van der Waals surface area contributed by atoms with Crippen LogP contribution in [0.15, 0.2) is 30.7 Å². The zero-order chi connectivity index (χ0) is 12.4. The summed E-state index contributed by atoms with van der Waals surface area (Å²) < 4.78 is 19.5. The van der Waals surface area contributed by atoms with Gasteiger partial charge in [-0.05, 0) is 12.1 Å². The van der Waals surface area contributed by atoms with Gasteiger partial charge in [0.15, 0.2) is 17.3 Å². The minimum atomic E-state index is -1.11. The van der Waals surface area contributed by atoms with Gasteiger partial charge < -0.3 is 14.4 Å². The molecular weight excluding hydrogens is 227 g/mol. The summed E-state index contributed by atoms with van der Waals surface area (Å²) >= 11 is 0. The van der Waals surface area contributed by atoms with Crippen LogP contribution in [0.2, 0.25) is 0 Å². The SMILES string of the molecule is COc1cc(-n2cnc(C(=O)O)c2)ccc1F. The van der Waals surface area contributed by atoms with E-state index in [0.29, 0.717) is 5.69 Å². The lowest BCUT2D eigenvalue weighted by molar-refractivity contribution is 0.0691. The molecule has 0 bridgehead atoms. The van der Waals surface area contributed by atoms with Crippen LogP contribution in [0, 0.1) is 5.82 Å². The van der Waals surface area contributed by atoms with E-state index in [4.69, 9.17) is 9.84 Å². The molecule has 0 saturated carbocycles. The Morgan fingerprint density at radius 2 is 2.29 bits per heavy atom. The molecular formula is C11H9FN2O3. The number of imidazole rings is 1. The lowest BCUT2D eigenvalue weighted by Gasteiger charge is -2.05. The van der Waals surface area contributed by atoms with Gasteiger partial charge in [0.25, 0.3) is 0 Å². The molecule has 0 atom stereocenters. The number of hydrogen-bond donors (Lipinski definition) is 1. The number of carbonyl (C=O) groups is 1. The van der Waals surface area contributed by atoms with Gasteiger partial charge in [0.2, 0.25) is 0 Å². The van der Waals surface area contributed by atoms with E-state index in [-0.39, 0.29) is 11.4 Å². The van der Waals surface area contributed by atoms with Crippen LogP contribution < -0.4 is 4.74 Å². The molecule has 0 saturated heterocycles. The highest BCUT2D eigenvalue weighted by molar-refractivity contribution is 5.85. The van der Waals surface area contributed by atoms with Gasteiger partial charge in [0, 0.05) is 12.3 Å². The molecule has 88 valence electrons. The maximum Gasteiger partial charge on any atom is 0.356 e. The molecule has 0 amide bonds. The molecule has 6 heteroatoms. The van der Waals surface area contributed by atoms with Crippen LogP contribution in [0.3, 0.4) is 0 Å². The van der Waals surface area contributed by atoms with E-state index in [1.807, 2.05) is 0 Å². The zero-order valence-electron chi connectivity index (χ0n) is 8.92. The molecule has 17 heavy (non-hydrogen) atoms. The predicted molar refractivity (Wildman–Crippen MR) is 57.0 cm³/mol. The quantitative estimate of drug-likeness (QED) is 0.881. The Balaban J connectivity index is 2.42. The first-order valence-electron chi connectivity index (χ1n) is 4.73. The predicted octanol–water partition coefficient (Wildman–Crippen LogP) is 1.72. The number of nitrogens with zero attached hydrogens (tertiary/aromatic N) is 2. The molecule has 0 radical (unpaired) electrons. The van der Waals surface area contributed by atoms with Gasteiger partial charge in [0.1, 0.15) is 6.33 Å². The summed E-state index contributed by atoms with van der Waals surface area (Å²) in [6.07, 6.45) is 2.69. The number of hydrogen-bond acceptors (Lipinski definition) is 3. The zero-order valence-corrected chi connectivity index (χ0v) is 8.92. The molecule has 1 N–H and O–H groups in total. The summed E-state index contributed by atoms with van der Waals surface area (Å²) in [5, 5.41) is 8.73. The second kappa shape index (κ2) is 4.25. The first-order chi connectivity index (χ1) is 8.11. The monoisotopic (exact) mass is 236 g/mol. The number of rotatable bonds is 3. The molecule has 0 unspecified atom stereocenters. The molecule has 1 heterocycles. The number of ether oxygens (including phenoxy) is 1. The average molecular weight is 236 g/mol. The number of halogens is 1. The van der Waals surface area contributed by atoms with Crippen LogP contribution in [0.5, 0.6) is 5.75 Å². The topological polar surface area (TPSA) is 64.4 Å². The molecule has 2 rings (SSSR count). The number of carboxylic acids is 1. The van der Waals surface area contributed by atoms with Gasteiger partial charge in [-0.3, -0.25) is 0 Å². The van der Waals surface area contributed by atoms with Crippen LogP contribution in [-0.2, 0) is 0 Å². The molecule has 1 aromatic heterocycles. The van der Waals surface area contributed by atoms with Crippen molar-refractivity contribution in [1.29, 1.82) is 0 Å². The average Bonchev–Trinajstić information content (AvgIpc) is 2.79. The second-order valence-electron chi connectivity index (χ2n) is 3.29. The highest BCUT2D eigenvalue weighted by Crippen LogP contribution is 2.20. The van der Waals surface area contributed by atoms with Crippen molar-refractivity contribution < 1.29 is 19.0 Å². The summed E-state index contributed by atoms with van der Waals surface area (Å²) in [7, 11) is 1.36. The van der Waals surface area contributed by atoms with Crippen LogP contribution in [0.4, 0.5) is 4.39 Å². The Bertz CT molecular complexity index is 566. The van der Waals surface area contributed by atoms with Crippen molar-refractivity contribution in [2.24, 2.45) is 0 Å². The summed E-state index contributed by atoms with van der Waals surface area (Å²) in [5.41, 5.74) is 0.497. The van der Waals surface area contributed by atoms with E-state index in [9.17, 15) is 9.18 Å². The van der Waals surface area contributed by atoms with Gasteiger partial charge >= 0.3 is 5.97 Å². The van der Waals surface area contributed by atoms with Gasteiger partial charge in [-0.25, -0.2) is 14.2 Å². The van der Waals surface area contributed by atoms with Crippen molar-refractivity contribution in [2.75, 3.05) is 7.11 Å². The van der Waals surface area contributed by atoms with Crippen molar-refractivity contribution in [2.45, 2.75) is 0 Å². The smallest absolute Gasteiger partial charge is 0.356 e. The second-order valence-corrected chi connectivity index (χ2v) is 3.29. The van der Waals surface area contributed by atoms with E-state index in [1.165, 1.54) is 42.4 Å². The molecule has 0 spiro atoms. The first kappa shape index (κ1) is 11.1. The number of benzene rings is 1. The molecule has 5 nitrogen and oxygen atoms in total. The van der Waals surface area contributed by atoms with Gasteiger partial charge in [-0.2, -0.15) is 0 Å². The van der Waals surface area contributed by atoms with Crippen LogP contribution in [0.25, 0.3) is 5.69 Å². The van der Waals surface area contributed by atoms with Crippen molar-refractivity contribution in [3.63, 3.8) is 0 Å². The largest absolute Gasteiger partial charge is 0.494 e. The number of aromatic carboxylic acids is 1. The van der Waals surface area contributed by atoms with E-state index in [0.717, 1.165) is 0 Å². The van der Waals surface area contributed by atoms with E-state index in [1.54, 1.807) is 0 Å². The summed E-state index contributed by atoms with van der Waals surface area (Å²) in [5.74, 6) is -1.50. The molecule has 0 aliphatic rings. The minimum Gasteiger partial charge on any atom is -0.494 e. The third-order valence-corrected chi connectivity index (χ3v) is 2.23. The number of aromatic nitrogens is 2. The van der Waals surface area contributed by atoms with Crippen molar-refractivity contribution >= 4 is 5.97 Å². The lowest BCUT2D eigenvalue weighted by atomic mass is 10.3. The van der Waals surface area contributed by atoms with Gasteiger partial charge in [-0.1, -0.05) is 0 Å². The summed E-state index contributed by atoms with van der Waals surface area (Å²) in [6, 6.07) is 4.21. The Morgan fingerprint density at radius 3 is 2.88 bits per heavy atom. The molecule has 0 aliphatic carbocycles. The lowest BCUT2D eigenvalue weighted by Crippen LogP contribution is -1.96. The maximum atomic E-state index is 13.2. The molecule has 0 aliphatic heterocycles. The fraction of sp³-hybridized carbons (Fsp3) is 0.0909. The first-order valence-corrected chi connectivity index (χ1v) is 4.73. The van der Waals surface area contributed by atoms with Crippen molar-refractivity contribution in [3.8, 4) is 11.4 Å².